The summed E-state index contributed by atoms with van der Waals surface area (Å²) in [4.78, 5) is 4.23. The fourth-order valence-electron chi connectivity index (χ4n) is 2.26. The van der Waals surface area contributed by atoms with Crippen molar-refractivity contribution in [3.63, 3.8) is 0 Å². The molecule has 112 valence electrons. The molecule has 0 saturated carbocycles. The van der Waals surface area contributed by atoms with Crippen LogP contribution >= 0.6 is 31.9 Å². The summed E-state index contributed by atoms with van der Waals surface area (Å²) in [7, 11) is 1.68. The molecule has 21 heavy (non-hydrogen) atoms. The normalized spacial score (nSPS) is 12.2. The number of nitrogens with zero attached hydrogens (tertiary/aromatic N) is 1. The Kier molecular flexibility index (Phi) is 6.21. The van der Waals surface area contributed by atoms with E-state index in [2.05, 4.69) is 67.3 Å². The van der Waals surface area contributed by atoms with Crippen molar-refractivity contribution in [3.05, 3.63) is 56.7 Å². The van der Waals surface area contributed by atoms with Gasteiger partial charge in [0.25, 0.3) is 0 Å². The quantitative estimate of drug-likeness (QED) is 0.756. The first-order valence-corrected chi connectivity index (χ1v) is 8.39. The predicted molar refractivity (Wildman–Crippen MR) is 92.8 cm³/mol. The second-order valence-electron chi connectivity index (χ2n) is 4.72. The Morgan fingerprint density at radius 1 is 1.24 bits per heavy atom. The summed E-state index contributed by atoms with van der Waals surface area (Å²) in [5.74, 6) is 0.845. The summed E-state index contributed by atoms with van der Waals surface area (Å²) in [6, 6.07) is 8.55. The Morgan fingerprint density at radius 2 is 2.05 bits per heavy atom. The average Bonchev–Trinajstić information content (AvgIpc) is 2.47. The van der Waals surface area contributed by atoms with E-state index >= 15 is 0 Å². The molecule has 0 bridgehead atoms. The van der Waals surface area contributed by atoms with Crippen LogP contribution in [0.25, 0.3) is 0 Å². The van der Waals surface area contributed by atoms with E-state index in [4.69, 9.17) is 4.74 Å². The minimum Gasteiger partial charge on any atom is -0.496 e. The van der Waals surface area contributed by atoms with Crippen LogP contribution in [0, 0.1) is 0 Å². The van der Waals surface area contributed by atoms with Gasteiger partial charge in [-0.2, -0.15) is 0 Å². The summed E-state index contributed by atoms with van der Waals surface area (Å²) < 4.78 is 7.27. The highest BCUT2D eigenvalue weighted by atomic mass is 79.9. The van der Waals surface area contributed by atoms with E-state index in [-0.39, 0.29) is 6.04 Å². The molecule has 1 N–H and O–H groups in total. The molecule has 2 aromatic rings. The Morgan fingerprint density at radius 3 is 2.67 bits per heavy atom. The second-order valence-corrected chi connectivity index (χ2v) is 6.49. The van der Waals surface area contributed by atoms with Gasteiger partial charge < -0.3 is 10.1 Å². The molecule has 0 spiro atoms. The minimum absolute atomic E-state index is 0.244. The summed E-state index contributed by atoms with van der Waals surface area (Å²) in [6.07, 6.45) is 4.60. The van der Waals surface area contributed by atoms with Crippen molar-refractivity contribution in [2.24, 2.45) is 0 Å². The maximum atomic E-state index is 5.29. The van der Waals surface area contributed by atoms with Crippen molar-refractivity contribution < 1.29 is 4.74 Å². The molecule has 0 radical (unpaired) electrons. The van der Waals surface area contributed by atoms with Crippen molar-refractivity contribution in [2.45, 2.75) is 19.4 Å². The zero-order chi connectivity index (χ0) is 15.2. The van der Waals surface area contributed by atoms with Crippen LogP contribution in [0.4, 0.5) is 0 Å². The molecule has 0 saturated heterocycles. The molecule has 5 heteroatoms. The maximum absolute atomic E-state index is 5.29. The lowest BCUT2D eigenvalue weighted by Gasteiger charge is -2.19. The number of ether oxygens (including phenoxy) is 1. The Balaban J connectivity index is 2.24. The summed E-state index contributed by atoms with van der Waals surface area (Å²) in [6.45, 7) is 3.03. The first-order chi connectivity index (χ1) is 10.1. The van der Waals surface area contributed by atoms with Crippen molar-refractivity contribution in [1.82, 2.24) is 10.3 Å². The number of nitrogens with one attached hydrogen (secondary N) is 1. The summed E-state index contributed by atoms with van der Waals surface area (Å²) in [5, 5.41) is 3.53. The molecule has 1 atom stereocenters. The highest BCUT2D eigenvalue weighted by Crippen LogP contribution is 2.29. The fourth-order valence-corrected chi connectivity index (χ4v) is 3.23. The van der Waals surface area contributed by atoms with Gasteiger partial charge >= 0.3 is 0 Å². The van der Waals surface area contributed by atoms with Gasteiger partial charge in [-0.1, -0.05) is 13.0 Å². The average molecular weight is 414 g/mol. The van der Waals surface area contributed by atoms with Gasteiger partial charge in [-0.3, -0.25) is 4.98 Å². The van der Waals surface area contributed by atoms with Gasteiger partial charge in [-0.15, -0.1) is 0 Å². The number of likely N-dealkylation sites (N-methyl/N-ethyl adjacent to an activating group) is 1. The lowest BCUT2D eigenvalue weighted by molar-refractivity contribution is 0.411. The zero-order valence-corrected chi connectivity index (χ0v) is 15.2. The van der Waals surface area contributed by atoms with E-state index in [1.807, 2.05) is 12.3 Å². The number of hydrogen-bond acceptors (Lipinski definition) is 3. The van der Waals surface area contributed by atoms with E-state index in [0.29, 0.717) is 0 Å². The number of rotatable bonds is 6. The standard InChI is InChI=1S/C16H18Br2N2O/c1-3-20-15(7-11-6-13(17)10-19-9-11)12-4-5-16(21-2)14(18)8-12/h4-6,8-10,15,20H,3,7H2,1-2H3. The molecular formula is C16H18Br2N2O. The third-order valence-electron chi connectivity index (χ3n) is 3.23. The number of benzene rings is 1. The molecule has 0 aliphatic rings. The third-order valence-corrected chi connectivity index (χ3v) is 4.28. The van der Waals surface area contributed by atoms with E-state index in [1.165, 1.54) is 11.1 Å². The Hall–Kier alpha value is -0.910. The molecule has 1 unspecified atom stereocenters. The van der Waals surface area contributed by atoms with Gasteiger partial charge in [0.05, 0.1) is 11.6 Å². The Bertz CT molecular complexity index is 605. The second kappa shape index (κ2) is 7.92. The van der Waals surface area contributed by atoms with Crippen LogP contribution in [0.1, 0.15) is 24.1 Å². The molecule has 1 heterocycles. The fraction of sp³-hybridized carbons (Fsp3) is 0.312. The minimum atomic E-state index is 0.244. The van der Waals surface area contributed by atoms with Gasteiger partial charge in [0.1, 0.15) is 5.75 Å². The van der Waals surface area contributed by atoms with Crippen LogP contribution in [-0.4, -0.2) is 18.6 Å². The predicted octanol–water partition coefficient (Wildman–Crippen LogP) is 4.51. The third kappa shape index (κ3) is 4.53. The number of methoxy groups -OCH3 is 1. The number of hydrogen-bond donors (Lipinski definition) is 1. The van der Waals surface area contributed by atoms with Gasteiger partial charge in [0.15, 0.2) is 0 Å². The monoisotopic (exact) mass is 412 g/mol. The largest absolute Gasteiger partial charge is 0.496 e. The van der Waals surface area contributed by atoms with Crippen LogP contribution in [0.3, 0.4) is 0 Å². The van der Waals surface area contributed by atoms with E-state index in [1.54, 1.807) is 13.3 Å². The van der Waals surface area contributed by atoms with Crippen LogP contribution in [0.2, 0.25) is 0 Å². The van der Waals surface area contributed by atoms with Crippen LogP contribution in [0.15, 0.2) is 45.6 Å². The molecule has 2 rings (SSSR count). The van der Waals surface area contributed by atoms with E-state index < -0.39 is 0 Å². The van der Waals surface area contributed by atoms with Gasteiger partial charge in [0.2, 0.25) is 0 Å². The Labute approximate surface area is 142 Å². The first kappa shape index (κ1) is 16.5. The van der Waals surface area contributed by atoms with Crippen molar-refractivity contribution in [1.29, 1.82) is 0 Å². The molecule has 0 amide bonds. The van der Waals surface area contributed by atoms with Crippen molar-refractivity contribution in [2.75, 3.05) is 13.7 Å². The lowest BCUT2D eigenvalue weighted by atomic mass is 9.99. The molecule has 1 aromatic carbocycles. The zero-order valence-electron chi connectivity index (χ0n) is 12.1. The number of halogens is 2. The smallest absolute Gasteiger partial charge is 0.133 e. The highest BCUT2D eigenvalue weighted by Gasteiger charge is 2.13. The molecule has 3 nitrogen and oxygen atoms in total. The van der Waals surface area contributed by atoms with Gasteiger partial charge in [0, 0.05) is 22.9 Å². The van der Waals surface area contributed by atoms with E-state index in [9.17, 15) is 0 Å². The summed E-state index contributed by atoms with van der Waals surface area (Å²) in [5.41, 5.74) is 2.42. The molecule has 0 aliphatic heterocycles. The molecule has 0 aliphatic carbocycles. The molecule has 1 aromatic heterocycles. The topological polar surface area (TPSA) is 34.2 Å². The van der Waals surface area contributed by atoms with Gasteiger partial charge in [-0.05, 0) is 74.2 Å². The SMILES string of the molecule is CCNC(Cc1cncc(Br)c1)c1ccc(OC)c(Br)c1. The maximum Gasteiger partial charge on any atom is 0.133 e. The number of pyridine rings is 1. The lowest BCUT2D eigenvalue weighted by Crippen LogP contribution is -2.23. The molecular weight excluding hydrogens is 396 g/mol. The first-order valence-electron chi connectivity index (χ1n) is 6.80. The summed E-state index contributed by atoms with van der Waals surface area (Å²) >= 11 is 7.02. The van der Waals surface area contributed by atoms with Crippen molar-refractivity contribution >= 4 is 31.9 Å². The molecule has 0 fully saturated rings. The van der Waals surface area contributed by atoms with E-state index in [0.717, 1.165) is 27.7 Å². The van der Waals surface area contributed by atoms with Crippen LogP contribution in [-0.2, 0) is 6.42 Å². The van der Waals surface area contributed by atoms with Crippen LogP contribution < -0.4 is 10.1 Å². The van der Waals surface area contributed by atoms with Crippen molar-refractivity contribution in [3.8, 4) is 5.75 Å². The van der Waals surface area contributed by atoms with Crippen LogP contribution in [0.5, 0.6) is 5.75 Å². The highest BCUT2D eigenvalue weighted by molar-refractivity contribution is 9.10. The van der Waals surface area contributed by atoms with Gasteiger partial charge in [-0.25, -0.2) is 0 Å². The number of aromatic nitrogens is 1.